The Bertz CT molecular complexity index is 1180. The Morgan fingerprint density at radius 2 is 1.64 bits per heavy atom. The molecule has 8 nitrogen and oxygen atoms in total. The van der Waals surface area contributed by atoms with E-state index in [-0.39, 0.29) is 17.4 Å². The topological polar surface area (TPSA) is 107 Å². The molecule has 1 amide bonds. The molecular formula is C28H32N2O6. The van der Waals surface area contributed by atoms with Crippen molar-refractivity contribution in [2.75, 3.05) is 7.11 Å². The molecule has 0 radical (unpaired) electrons. The fourth-order valence-corrected chi connectivity index (χ4v) is 3.75. The largest absolute Gasteiger partial charge is 0.503 e. The molecule has 0 saturated carbocycles. The van der Waals surface area contributed by atoms with Crippen molar-refractivity contribution in [2.45, 2.75) is 45.9 Å². The van der Waals surface area contributed by atoms with Gasteiger partial charge in [0.15, 0.2) is 17.2 Å². The first-order valence-corrected chi connectivity index (χ1v) is 11.8. The van der Waals surface area contributed by atoms with Gasteiger partial charge in [0.05, 0.1) is 7.11 Å². The number of esters is 1. The van der Waals surface area contributed by atoms with Crippen LogP contribution in [0.25, 0.3) is 11.1 Å². The Morgan fingerprint density at radius 1 is 0.944 bits per heavy atom. The van der Waals surface area contributed by atoms with Gasteiger partial charge >= 0.3 is 5.97 Å². The lowest BCUT2D eigenvalue weighted by atomic mass is 10.0. The van der Waals surface area contributed by atoms with Gasteiger partial charge in [0, 0.05) is 12.3 Å². The Balaban J connectivity index is 1.65. The van der Waals surface area contributed by atoms with Crippen LogP contribution in [0.1, 0.15) is 38.2 Å². The first kappa shape index (κ1) is 26.5. The zero-order chi connectivity index (χ0) is 26.2. The first-order chi connectivity index (χ1) is 17.2. The van der Waals surface area contributed by atoms with Gasteiger partial charge in [-0.3, -0.25) is 4.79 Å². The molecule has 3 atom stereocenters. The summed E-state index contributed by atoms with van der Waals surface area (Å²) >= 11 is 0. The number of hydrogen-bond acceptors (Lipinski definition) is 7. The van der Waals surface area contributed by atoms with E-state index in [9.17, 15) is 14.7 Å². The van der Waals surface area contributed by atoms with Crippen molar-refractivity contribution >= 4 is 11.9 Å². The van der Waals surface area contributed by atoms with Crippen LogP contribution in [-0.4, -0.2) is 47.3 Å². The van der Waals surface area contributed by atoms with Crippen LogP contribution in [0.3, 0.4) is 0 Å². The van der Waals surface area contributed by atoms with Crippen LogP contribution in [-0.2, 0) is 9.53 Å². The molecule has 3 aromatic rings. The van der Waals surface area contributed by atoms with E-state index in [4.69, 9.17) is 14.2 Å². The molecule has 1 heterocycles. The maximum absolute atomic E-state index is 12.7. The third-order valence-corrected chi connectivity index (χ3v) is 5.66. The minimum absolute atomic E-state index is 0.0380. The molecule has 36 heavy (non-hydrogen) atoms. The van der Waals surface area contributed by atoms with E-state index in [1.54, 1.807) is 6.92 Å². The zero-order valence-corrected chi connectivity index (χ0v) is 21.1. The maximum atomic E-state index is 12.7. The standard InChI is InChI=1S/C28H32N2O6/c1-17(2)26(36-22-13-9-12-21(16-22)20-10-7-6-8-11-20)19(4)35-28(33)18(3)30-27(32)24-25(31)23(34-5)14-15-29-24/h6-19,26,31H,1-5H3,(H,30,32)/t18-,19-,26+/m0/s1. The van der Waals surface area contributed by atoms with Gasteiger partial charge < -0.3 is 24.6 Å². The number of pyridine rings is 1. The number of benzene rings is 2. The summed E-state index contributed by atoms with van der Waals surface area (Å²) < 4.78 is 16.9. The highest BCUT2D eigenvalue weighted by Crippen LogP contribution is 2.28. The number of aromatic hydroxyl groups is 1. The van der Waals surface area contributed by atoms with Gasteiger partial charge in [-0.15, -0.1) is 0 Å². The third kappa shape index (κ3) is 6.53. The zero-order valence-electron chi connectivity index (χ0n) is 21.1. The number of methoxy groups -OCH3 is 1. The lowest BCUT2D eigenvalue weighted by Crippen LogP contribution is -2.44. The average Bonchev–Trinajstić information content (AvgIpc) is 2.87. The molecule has 0 saturated heterocycles. The third-order valence-electron chi connectivity index (χ3n) is 5.66. The lowest BCUT2D eigenvalue weighted by Gasteiger charge is -2.29. The quantitative estimate of drug-likeness (QED) is 0.398. The molecule has 3 rings (SSSR count). The van der Waals surface area contributed by atoms with Crippen LogP contribution >= 0.6 is 0 Å². The van der Waals surface area contributed by atoms with Gasteiger partial charge in [-0.05, 0) is 43.0 Å². The smallest absolute Gasteiger partial charge is 0.328 e. The van der Waals surface area contributed by atoms with Gasteiger partial charge in [0.25, 0.3) is 5.91 Å². The highest BCUT2D eigenvalue weighted by Gasteiger charge is 2.29. The molecule has 8 heteroatoms. The Hall–Kier alpha value is -4.07. The molecule has 0 aliphatic rings. The van der Waals surface area contributed by atoms with Crippen molar-refractivity contribution in [1.29, 1.82) is 0 Å². The highest BCUT2D eigenvalue weighted by molar-refractivity contribution is 5.97. The SMILES string of the molecule is COc1ccnc(C(=O)N[C@@H](C)C(=O)O[C@@H](C)[C@H](Oc2cccc(-c3ccccc3)c2)C(C)C)c1O. The van der Waals surface area contributed by atoms with Crippen LogP contribution < -0.4 is 14.8 Å². The monoisotopic (exact) mass is 492 g/mol. The second kappa shape index (κ2) is 12.1. The molecule has 2 N–H and O–H groups in total. The van der Waals surface area contributed by atoms with Gasteiger partial charge in [0.2, 0.25) is 0 Å². The number of carbonyl (C=O) groups excluding carboxylic acids is 2. The summed E-state index contributed by atoms with van der Waals surface area (Å²) in [6.45, 7) is 7.23. The lowest BCUT2D eigenvalue weighted by molar-refractivity contribution is -0.155. The van der Waals surface area contributed by atoms with E-state index in [1.807, 2.05) is 68.4 Å². The molecule has 0 aliphatic heterocycles. The number of nitrogens with zero attached hydrogens (tertiary/aromatic N) is 1. The summed E-state index contributed by atoms with van der Waals surface area (Å²) in [6, 6.07) is 18.2. The minimum atomic E-state index is -0.985. The van der Waals surface area contributed by atoms with E-state index >= 15 is 0 Å². The van der Waals surface area contributed by atoms with E-state index < -0.39 is 35.9 Å². The maximum Gasteiger partial charge on any atom is 0.328 e. The first-order valence-electron chi connectivity index (χ1n) is 11.8. The number of aromatic nitrogens is 1. The summed E-state index contributed by atoms with van der Waals surface area (Å²) in [5.74, 6) is -0.956. The van der Waals surface area contributed by atoms with Crippen LogP contribution in [0.4, 0.5) is 0 Å². The number of ether oxygens (including phenoxy) is 3. The number of rotatable bonds is 10. The highest BCUT2D eigenvalue weighted by atomic mass is 16.6. The van der Waals surface area contributed by atoms with Crippen molar-refractivity contribution in [3.8, 4) is 28.4 Å². The summed E-state index contributed by atoms with van der Waals surface area (Å²) in [5.41, 5.74) is 1.85. The predicted octanol–water partition coefficient (Wildman–Crippen LogP) is 4.62. The van der Waals surface area contributed by atoms with Crippen molar-refractivity contribution in [1.82, 2.24) is 10.3 Å². The van der Waals surface area contributed by atoms with Crippen LogP contribution in [0.15, 0.2) is 66.9 Å². The second-order valence-electron chi connectivity index (χ2n) is 8.77. The van der Waals surface area contributed by atoms with Gasteiger partial charge in [-0.2, -0.15) is 0 Å². The molecule has 0 bridgehead atoms. The number of nitrogens with one attached hydrogen (secondary N) is 1. The molecule has 0 unspecified atom stereocenters. The Labute approximate surface area is 211 Å². The Kier molecular flexibility index (Phi) is 8.89. The van der Waals surface area contributed by atoms with Crippen molar-refractivity contribution in [3.05, 3.63) is 72.6 Å². The van der Waals surface area contributed by atoms with Crippen LogP contribution in [0.2, 0.25) is 0 Å². The van der Waals surface area contributed by atoms with E-state index in [0.29, 0.717) is 5.75 Å². The van der Waals surface area contributed by atoms with E-state index in [1.165, 1.54) is 26.3 Å². The van der Waals surface area contributed by atoms with Crippen molar-refractivity contribution in [3.63, 3.8) is 0 Å². The van der Waals surface area contributed by atoms with Crippen LogP contribution in [0.5, 0.6) is 17.2 Å². The number of hydrogen-bond donors (Lipinski definition) is 2. The van der Waals surface area contributed by atoms with Crippen molar-refractivity contribution < 1.29 is 28.9 Å². The van der Waals surface area contributed by atoms with E-state index in [2.05, 4.69) is 10.3 Å². The minimum Gasteiger partial charge on any atom is -0.503 e. The molecule has 190 valence electrons. The van der Waals surface area contributed by atoms with E-state index in [0.717, 1.165) is 11.1 Å². The predicted molar refractivity (Wildman–Crippen MR) is 136 cm³/mol. The fourth-order valence-electron chi connectivity index (χ4n) is 3.75. The molecule has 0 aliphatic carbocycles. The molecule has 2 aromatic carbocycles. The molecule has 0 spiro atoms. The van der Waals surface area contributed by atoms with Gasteiger partial charge in [-0.1, -0.05) is 56.3 Å². The summed E-state index contributed by atoms with van der Waals surface area (Å²) in [4.78, 5) is 29.2. The molecule has 1 aromatic heterocycles. The van der Waals surface area contributed by atoms with Gasteiger partial charge in [0.1, 0.15) is 24.0 Å². The Morgan fingerprint density at radius 3 is 2.31 bits per heavy atom. The average molecular weight is 493 g/mol. The second-order valence-corrected chi connectivity index (χ2v) is 8.77. The number of carbonyl (C=O) groups is 2. The summed E-state index contributed by atoms with van der Waals surface area (Å²) in [7, 11) is 1.36. The molecule has 0 fully saturated rings. The summed E-state index contributed by atoms with van der Waals surface area (Å²) in [6.07, 6.45) is 0.308. The van der Waals surface area contributed by atoms with Crippen LogP contribution in [0, 0.1) is 5.92 Å². The summed E-state index contributed by atoms with van der Waals surface area (Å²) in [5, 5.41) is 12.6. The number of amides is 1. The normalized spacial score (nSPS) is 13.4. The fraction of sp³-hybridized carbons (Fsp3) is 0.321. The van der Waals surface area contributed by atoms with Crippen molar-refractivity contribution in [2.24, 2.45) is 5.92 Å². The molecular weight excluding hydrogens is 460 g/mol. The van der Waals surface area contributed by atoms with Gasteiger partial charge in [-0.25, -0.2) is 9.78 Å².